The molecule has 5 nitrogen and oxygen atoms in total. The van der Waals surface area contributed by atoms with Crippen molar-refractivity contribution in [3.05, 3.63) is 23.8 Å². The molecule has 1 atom stereocenters. The zero-order valence-corrected chi connectivity index (χ0v) is 13.6. The van der Waals surface area contributed by atoms with Crippen molar-refractivity contribution in [3.8, 4) is 11.5 Å². The molecule has 0 spiro atoms. The van der Waals surface area contributed by atoms with E-state index in [-0.39, 0.29) is 17.0 Å². The van der Waals surface area contributed by atoms with Gasteiger partial charge in [-0.05, 0) is 38.1 Å². The topological polar surface area (TPSA) is 64.6 Å². The summed E-state index contributed by atoms with van der Waals surface area (Å²) in [5.74, 6) is 1.48. The summed E-state index contributed by atoms with van der Waals surface area (Å²) in [7, 11) is -3.12. The molecule has 0 bridgehead atoms. The van der Waals surface area contributed by atoms with Crippen LogP contribution in [0.25, 0.3) is 0 Å². The van der Waals surface area contributed by atoms with E-state index in [1.165, 1.54) is 0 Å². The lowest BCUT2D eigenvalue weighted by atomic mass is 10.1. The number of sulfone groups is 1. The summed E-state index contributed by atoms with van der Waals surface area (Å²) in [6.07, 6.45) is 0. The number of rotatable bonds is 6. The van der Waals surface area contributed by atoms with Crippen LogP contribution in [-0.4, -0.2) is 39.2 Å². The van der Waals surface area contributed by atoms with Gasteiger partial charge >= 0.3 is 0 Å². The number of fused-ring (bicyclic) bond motifs is 1. The van der Waals surface area contributed by atoms with E-state index in [4.69, 9.17) is 9.47 Å². The third-order valence-electron chi connectivity index (χ3n) is 3.54. The maximum Gasteiger partial charge on any atom is 0.161 e. The third-order valence-corrected chi connectivity index (χ3v) is 5.77. The first-order valence-electron chi connectivity index (χ1n) is 7.28. The Bertz CT molecular complexity index is 583. The highest BCUT2D eigenvalue weighted by molar-refractivity contribution is 7.92. The number of nitrogens with one attached hydrogen (secondary N) is 1. The maximum absolute atomic E-state index is 12.2. The molecule has 1 aliphatic rings. The summed E-state index contributed by atoms with van der Waals surface area (Å²) in [4.78, 5) is 0. The van der Waals surface area contributed by atoms with E-state index < -0.39 is 9.84 Å². The van der Waals surface area contributed by atoms with Crippen LogP contribution in [0.2, 0.25) is 0 Å². The predicted octanol–water partition coefficient (Wildman–Crippen LogP) is 1.93. The molecule has 0 radical (unpaired) electrons. The molecule has 1 heterocycles. The second-order valence-corrected chi connectivity index (χ2v) is 7.99. The number of benzene rings is 1. The Morgan fingerprint density at radius 1 is 1.19 bits per heavy atom. The maximum atomic E-state index is 12.2. The molecule has 1 aliphatic heterocycles. The van der Waals surface area contributed by atoms with Crippen molar-refractivity contribution in [1.82, 2.24) is 5.32 Å². The van der Waals surface area contributed by atoms with Crippen LogP contribution in [0.1, 0.15) is 32.4 Å². The van der Waals surface area contributed by atoms with Gasteiger partial charge in [0, 0.05) is 6.04 Å². The molecular formula is C15H23NO4S. The van der Waals surface area contributed by atoms with Gasteiger partial charge in [0.1, 0.15) is 13.2 Å². The SMILES string of the molecule is CCNC(CS(=O)(=O)C(C)C)c1ccc2c(c1)OCCO2. The van der Waals surface area contributed by atoms with Gasteiger partial charge in [-0.1, -0.05) is 13.0 Å². The molecular weight excluding hydrogens is 290 g/mol. The summed E-state index contributed by atoms with van der Waals surface area (Å²) in [5, 5.41) is 2.86. The van der Waals surface area contributed by atoms with Crippen molar-refractivity contribution >= 4 is 9.84 Å². The van der Waals surface area contributed by atoms with Crippen LogP contribution in [-0.2, 0) is 9.84 Å². The molecule has 21 heavy (non-hydrogen) atoms. The summed E-state index contributed by atoms with van der Waals surface area (Å²) >= 11 is 0. The fourth-order valence-electron chi connectivity index (χ4n) is 2.22. The molecule has 1 unspecified atom stereocenters. The normalized spacial score (nSPS) is 16.0. The lowest BCUT2D eigenvalue weighted by Crippen LogP contribution is -2.31. The van der Waals surface area contributed by atoms with Gasteiger partial charge in [0.15, 0.2) is 21.3 Å². The van der Waals surface area contributed by atoms with E-state index in [9.17, 15) is 8.42 Å². The molecule has 2 rings (SSSR count). The minimum Gasteiger partial charge on any atom is -0.486 e. The third kappa shape index (κ3) is 3.89. The number of ether oxygens (including phenoxy) is 2. The van der Waals surface area contributed by atoms with Gasteiger partial charge in [-0.3, -0.25) is 0 Å². The van der Waals surface area contributed by atoms with Crippen molar-refractivity contribution in [2.45, 2.75) is 32.1 Å². The van der Waals surface area contributed by atoms with Gasteiger partial charge in [0.05, 0.1) is 11.0 Å². The Hall–Kier alpha value is -1.27. The predicted molar refractivity (Wildman–Crippen MR) is 82.8 cm³/mol. The van der Waals surface area contributed by atoms with Gasteiger partial charge in [-0.15, -0.1) is 0 Å². The molecule has 118 valence electrons. The van der Waals surface area contributed by atoms with Crippen molar-refractivity contribution in [3.63, 3.8) is 0 Å². The van der Waals surface area contributed by atoms with Crippen LogP contribution in [0.5, 0.6) is 11.5 Å². The average Bonchev–Trinajstić information content (AvgIpc) is 2.46. The van der Waals surface area contributed by atoms with E-state index in [0.29, 0.717) is 31.3 Å². The summed E-state index contributed by atoms with van der Waals surface area (Å²) in [5.41, 5.74) is 0.908. The second-order valence-electron chi connectivity index (χ2n) is 5.39. The Morgan fingerprint density at radius 2 is 1.86 bits per heavy atom. The molecule has 0 amide bonds. The lowest BCUT2D eigenvalue weighted by Gasteiger charge is -2.23. The molecule has 0 aromatic heterocycles. The fraction of sp³-hybridized carbons (Fsp3) is 0.600. The summed E-state index contributed by atoms with van der Waals surface area (Å²) in [6, 6.07) is 5.38. The zero-order valence-electron chi connectivity index (χ0n) is 12.8. The standard InChI is InChI=1S/C15H23NO4S/c1-4-16-13(10-21(17,18)11(2)3)12-5-6-14-15(9-12)20-8-7-19-14/h5-6,9,11,13,16H,4,7-8,10H2,1-3H3. The molecule has 1 aromatic carbocycles. The van der Waals surface area contributed by atoms with E-state index >= 15 is 0 Å². The van der Waals surface area contributed by atoms with Crippen LogP contribution in [0.4, 0.5) is 0 Å². The molecule has 6 heteroatoms. The molecule has 0 saturated heterocycles. The zero-order chi connectivity index (χ0) is 15.5. The second kappa shape index (κ2) is 6.66. The summed E-state index contributed by atoms with van der Waals surface area (Å²) < 4.78 is 35.4. The van der Waals surface area contributed by atoms with E-state index in [2.05, 4.69) is 5.32 Å². The van der Waals surface area contributed by atoms with Crippen LogP contribution in [0.3, 0.4) is 0 Å². The molecule has 1 N–H and O–H groups in total. The van der Waals surface area contributed by atoms with E-state index in [0.717, 1.165) is 5.56 Å². The van der Waals surface area contributed by atoms with Crippen LogP contribution in [0, 0.1) is 0 Å². The van der Waals surface area contributed by atoms with Crippen molar-refractivity contribution in [1.29, 1.82) is 0 Å². The Balaban J connectivity index is 2.26. The van der Waals surface area contributed by atoms with Gasteiger partial charge in [0.2, 0.25) is 0 Å². The minimum absolute atomic E-state index is 0.0815. The number of hydrogen-bond acceptors (Lipinski definition) is 5. The first-order chi connectivity index (χ1) is 9.94. The van der Waals surface area contributed by atoms with Crippen LogP contribution >= 0.6 is 0 Å². The fourth-order valence-corrected chi connectivity index (χ4v) is 3.38. The highest BCUT2D eigenvalue weighted by Crippen LogP contribution is 2.33. The largest absolute Gasteiger partial charge is 0.486 e. The van der Waals surface area contributed by atoms with E-state index in [1.807, 2.05) is 25.1 Å². The molecule has 0 aliphatic carbocycles. The quantitative estimate of drug-likeness (QED) is 0.869. The van der Waals surface area contributed by atoms with Crippen molar-refractivity contribution < 1.29 is 17.9 Å². The van der Waals surface area contributed by atoms with Gasteiger partial charge in [-0.25, -0.2) is 8.42 Å². The monoisotopic (exact) mass is 313 g/mol. The number of hydrogen-bond donors (Lipinski definition) is 1. The van der Waals surface area contributed by atoms with Crippen LogP contribution in [0.15, 0.2) is 18.2 Å². The Morgan fingerprint density at radius 3 is 2.48 bits per heavy atom. The van der Waals surface area contributed by atoms with Gasteiger partial charge in [0.25, 0.3) is 0 Å². The first-order valence-corrected chi connectivity index (χ1v) is 9.00. The smallest absolute Gasteiger partial charge is 0.161 e. The molecule has 0 saturated carbocycles. The van der Waals surface area contributed by atoms with Gasteiger partial charge in [-0.2, -0.15) is 0 Å². The lowest BCUT2D eigenvalue weighted by molar-refractivity contribution is 0.171. The van der Waals surface area contributed by atoms with Crippen molar-refractivity contribution in [2.24, 2.45) is 0 Å². The average molecular weight is 313 g/mol. The van der Waals surface area contributed by atoms with Crippen LogP contribution < -0.4 is 14.8 Å². The molecule has 0 fully saturated rings. The van der Waals surface area contributed by atoms with Crippen molar-refractivity contribution in [2.75, 3.05) is 25.5 Å². The highest BCUT2D eigenvalue weighted by Gasteiger charge is 2.24. The van der Waals surface area contributed by atoms with Gasteiger partial charge < -0.3 is 14.8 Å². The van der Waals surface area contributed by atoms with E-state index in [1.54, 1.807) is 13.8 Å². The minimum atomic E-state index is -3.12. The first kappa shape index (κ1) is 16.1. The highest BCUT2D eigenvalue weighted by atomic mass is 32.2. The Kier molecular flexibility index (Phi) is 5.11. The summed E-state index contributed by atoms with van der Waals surface area (Å²) in [6.45, 7) is 7.15. The Labute approximate surface area is 126 Å². The molecule has 1 aromatic rings.